The van der Waals surface area contributed by atoms with E-state index in [0.717, 1.165) is 47.0 Å². The van der Waals surface area contributed by atoms with Crippen LogP contribution in [-0.2, 0) is 12.8 Å². The molecule has 0 saturated heterocycles. The van der Waals surface area contributed by atoms with Gasteiger partial charge in [0.15, 0.2) is 5.65 Å². The number of fused-ring (bicyclic) bond motifs is 2. The van der Waals surface area contributed by atoms with E-state index in [1.54, 1.807) is 4.52 Å². The fraction of sp³-hybridized carbons (Fsp3) is 0.250. The molecule has 0 bridgehead atoms. The highest BCUT2D eigenvalue weighted by atomic mass is 35.5. The van der Waals surface area contributed by atoms with Crippen LogP contribution in [0, 0.1) is 6.92 Å². The van der Waals surface area contributed by atoms with Crippen LogP contribution in [0.1, 0.15) is 23.2 Å². The van der Waals surface area contributed by atoms with Gasteiger partial charge in [0.25, 0.3) is 0 Å². The molecule has 100 valence electrons. The first-order valence-electron chi connectivity index (χ1n) is 6.87. The fourth-order valence-electron chi connectivity index (χ4n) is 2.93. The molecule has 1 aromatic carbocycles. The molecule has 0 N–H and O–H groups in total. The van der Waals surface area contributed by atoms with Crippen molar-refractivity contribution >= 4 is 17.2 Å². The standard InChI is InChI=1S/C16H14ClN3/c1-10-5-2-3-6-11(10)14-9-15-18-13-8-4-7-12(13)16(17)20(15)19-14/h2-3,5-6,9H,4,7-8H2,1H3. The molecule has 2 heterocycles. The quantitative estimate of drug-likeness (QED) is 0.635. The number of aryl methyl sites for hydroxylation is 2. The van der Waals surface area contributed by atoms with Crippen molar-refractivity contribution in [1.82, 2.24) is 14.6 Å². The molecular formula is C16H14ClN3. The Morgan fingerprint density at radius 3 is 2.90 bits per heavy atom. The molecule has 3 aromatic rings. The monoisotopic (exact) mass is 283 g/mol. The predicted molar refractivity (Wildman–Crippen MR) is 80.2 cm³/mol. The van der Waals surface area contributed by atoms with E-state index < -0.39 is 0 Å². The van der Waals surface area contributed by atoms with Crippen LogP contribution in [0.25, 0.3) is 16.9 Å². The maximum atomic E-state index is 6.49. The summed E-state index contributed by atoms with van der Waals surface area (Å²) in [6.07, 6.45) is 3.17. The van der Waals surface area contributed by atoms with Gasteiger partial charge in [0, 0.05) is 22.9 Å². The van der Waals surface area contributed by atoms with Crippen LogP contribution < -0.4 is 0 Å². The Labute approximate surface area is 122 Å². The first-order chi connectivity index (χ1) is 9.74. The minimum atomic E-state index is 0.724. The zero-order valence-electron chi connectivity index (χ0n) is 11.2. The Bertz CT molecular complexity index is 820. The molecule has 1 aliphatic carbocycles. The molecule has 0 saturated carbocycles. The van der Waals surface area contributed by atoms with Crippen LogP contribution in [0.4, 0.5) is 0 Å². The van der Waals surface area contributed by atoms with E-state index in [1.807, 2.05) is 18.2 Å². The predicted octanol–water partition coefficient (Wildman–Crippen LogP) is 3.85. The summed E-state index contributed by atoms with van der Waals surface area (Å²) in [5.41, 5.74) is 6.42. The van der Waals surface area contributed by atoms with Gasteiger partial charge in [-0.2, -0.15) is 5.10 Å². The van der Waals surface area contributed by atoms with Gasteiger partial charge >= 0.3 is 0 Å². The Balaban J connectivity index is 1.97. The van der Waals surface area contributed by atoms with Gasteiger partial charge < -0.3 is 0 Å². The SMILES string of the molecule is Cc1ccccc1-c1cc2nc3c(c(Cl)n2n1)CCC3. The Hall–Kier alpha value is -1.87. The molecule has 20 heavy (non-hydrogen) atoms. The summed E-state index contributed by atoms with van der Waals surface area (Å²) >= 11 is 6.49. The van der Waals surface area contributed by atoms with Crippen molar-refractivity contribution in [2.45, 2.75) is 26.2 Å². The zero-order chi connectivity index (χ0) is 13.7. The second kappa shape index (κ2) is 4.32. The summed E-state index contributed by atoms with van der Waals surface area (Å²) in [4.78, 5) is 4.71. The molecule has 4 heteroatoms. The molecule has 0 radical (unpaired) electrons. The second-order valence-electron chi connectivity index (χ2n) is 5.30. The number of hydrogen-bond donors (Lipinski definition) is 0. The summed E-state index contributed by atoms with van der Waals surface area (Å²) in [7, 11) is 0. The van der Waals surface area contributed by atoms with Crippen molar-refractivity contribution in [2.75, 3.05) is 0 Å². The van der Waals surface area contributed by atoms with Crippen LogP contribution in [0.5, 0.6) is 0 Å². The van der Waals surface area contributed by atoms with Gasteiger partial charge in [0.05, 0.1) is 5.69 Å². The van der Waals surface area contributed by atoms with Crippen LogP contribution in [0.15, 0.2) is 30.3 Å². The van der Waals surface area contributed by atoms with Crippen molar-refractivity contribution in [2.24, 2.45) is 0 Å². The molecule has 2 aromatic heterocycles. The molecule has 3 nitrogen and oxygen atoms in total. The minimum absolute atomic E-state index is 0.724. The number of nitrogens with zero attached hydrogens (tertiary/aromatic N) is 3. The van der Waals surface area contributed by atoms with Crippen LogP contribution in [0.3, 0.4) is 0 Å². The van der Waals surface area contributed by atoms with E-state index in [4.69, 9.17) is 16.6 Å². The third-order valence-corrected chi connectivity index (χ3v) is 4.37. The number of rotatable bonds is 1. The molecule has 4 rings (SSSR count). The third kappa shape index (κ3) is 1.66. The lowest BCUT2D eigenvalue weighted by Crippen LogP contribution is -1.99. The van der Waals surface area contributed by atoms with Gasteiger partial charge in [-0.1, -0.05) is 35.9 Å². The first kappa shape index (κ1) is 11.9. The molecule has 0 unspecified atom stereocenters. The molecule has 0 fully saturated rings. The van der Waals surface area contributed by atoms with Gasteiger partial charge in [0.2, 0.25) is 0 Å². The lowest BCUT2D eigenvalue weighted by atomic mass is 10.1. The van der Waals surface area contributed by atoms with Crippen molar-refractivity contribution in [1.29, 1.82) is 0 Å². The maximum Gasteiger partial charge on any atom is 0.157 e. The summed E-state index contributed by atoms with van der Waals surface area (Å²) in [6.45, 7) is 2.09. The van der Waals surface area contributed by atoms with E-state index >= 15 is 0 Å². The first-order valence-corrected chi connectivity index (χ1v) is 7.25. The van der Waals surface area contributed by atoms with Crippen molar-refractivity contribution in [3.05, 3.63) is 52.3 Å². The fourth-order valence-corrected chi connectivity index (χ4v) is 3.25. The van der Waals surface area contributed by atoms with Gasteiger partial charge in [-0.25, -0.2) is 9.50 Å². The Morgan fingerprint density at radius 2 is 2.05 bits per heavy atom. The van der Waals surface area contributed by atoms with E-state index in [1.165, 1.54) is 11.1 Å². The number of halogens is 1. The molecular weight excluding hydrogens is 270 g/mol. The normalized spacial score (nSPS) is 13.9. The van der Waals surface area contributed by atoms with Gasteiger partial charge in [0.1, 0.15) is 5.15 Å². The highest BCUT2D eigenvalue weighted by molar-refractivity contribution is 6.30. The van der Waals surface area contributed by atoms with Crippen molar-refractivity contribution in [3.8, 4) is 11.3 Å². The Kier molecular flexibility index (Phi) is 2.57. The largest absolute Gasteiger partial charge is 0.233 e. The van der Waals surface area contributed by atoms with Gasteiger partial charge in [-0.3, -0.25) is 0 Å². The van der Waals surface area contributed by atoms with E-state index in [-0.39, 0.29) is 0 Å². The van der Waals surface area contributed by atoms with Crippen LogP contribution >= 0.6 is 11.6 Å². The number of hydrogen-bond acceptors (Lipinski definition) is 2. The van der Waals surface area contributed by atoms with E-state index in [2.05, 4.69) is 24.2 Å². The van der Waals surface area contributed by atoms with E-state index in [9.17, 15) is 0 Å². The highest BCUT2D eigenvalue weighted by Gasteiger charge is 2.20. The van der Waals surface area contributed by atoms with Crippen LogP contribution in [-0.4, -0.2) is 14.6 Å². The average Bonchev–Trinajstić information content (AvgIpc) is 3.06. The van der Waals surface area contributed by atoms with Crippen molar-refractivity contribution < 1.29 is 0 Å². The van der Waals surface area contributed by atoms with E-state index in [0.29, 0.717) is 0 Å². The summed E-state index contributed by atoms with van der Waals surface area (Å²) in [5, 5.41) is 5.37. The van der Waals surface area contributed by atoms with Crippen LogP contribution in [0.2, 0.25) is 5.15 Å². The lowest BCUT2D eigenvalue weighted by molar-refractivity contribution is 0.900. The highest BCUT2D eigenvalue weighted by Crippen LogP contribution is 2.30. The smallest absolute Gasteiger partial charge is 0.157 e. The second-order valence-corrected chi connectivity index (χ2v) is 5.65. The summed E-state index contributed by atoms with van der Waals surface area (Å²) < 4.78 is 1.77. The van der Waals surface area contributed by atoms with Crippen molar-refractivity contribution in [3.63, 3.8) is 0 Å². The Morgan fingerprint density at radius 1 is 1.20 bits per heavy atom. The zero-order valence-corrected chi connectivity index (χ0v) is 12.0. The maximum absolute atomic E-state index is 6.49. The third-order valence-electron chi connectivity index (χ3n) is 3.98. The summed E-state index contributed by atoms with van der Waals surface area (Å²) in [5.74, 6) is 0. The molecule has 0 amide bonds. The number of aromatic nitrogens is 3. The molecule has 0 aliphatic heterocycles. The topological polar surface area (TPSA) is 30.2 Å². The molecule has 1 aliphatic rings. The van der Waals surface area contributed by atoms with Gasteiger partial charge in [-0.05, 0) is 31.7 Å². The molecule has 0 atom stereocenters. The minimum Gasteiger partial charge on any atom is -0.233 e. The summed E-state index contributed by atoms with van der Waals surface area (Å²) in [6, 6.07) is 10.3. The molecule has 0 spiro atoms. The number of benzene rings is 1. The lowest BCUT2D eigenvalue weighted by Gasteiger charge is -2.03. The van der Waals surface area contributed by atoms with Gasteiger partial charge in [-0.15, -0.1) is 0 Å². The average molecular weight is 284 g/mol.